The zero-order valence-electron chi connectivity index (χ0n) is 16.0. The number of aryl methyl sites for hydroxylation is 1. The van der Waals surface area contributed by atoms with Crippen molar-refractivity contribution in [3.05, 3.63) is 47.8 Å². The minimum Gasteiger partial charge on any atom is -0.352 e. The van der Waals surface area contributed by atoms with E-state index in [1.807, 2.05) is 57.6 Å². The van der Waals surface area contributed by atoms with Crippen LogP contribution in [0.5, 0.6) is 0 Å². The van der Waals surface area contributed by atoms with Crippen LogP contribution in [0.2, 0.25) is 0 Å². The van der Waals surface area contributed by atoms with Crippen molar-refractivity contribution in [3.63, 3.8) is 0 Å². The van der Waals surface area contributed by atoms with Gasteiger partial charge in [-0.15, -0.1) is 0 Å². The Labute approximate surface area is 159 Å². The summed E-state index contributed by atoms with van der Waals surface area (Å²) in [5, 5.41) is 13.4. The lowest BCUT2D eigenvalue weighted by atomic mass is 9.90. The van der Waals surface area contributed by atoms with E-state index >= 15 is 0 Å². The van der Waals surface area contributed by atoms with Gasteiger partial charge in [0.05, 0.1) is 12.1 Å². The fourth-order valence-corrected chi connectivity index (χ4v) is 3.25. The lowest BCUT2D eigenvalue weighted by Crippen LogP contribution is -2.33. The van der Waals surface area contributed by atoms with Crippen LogP contribution in [0.3, 0.4) is 0 Å². The van der Waals surface area contributed by atoms with Crippen molar-refractivity contribution in [1.29, 1.82) is 0 Å². The lowest BCUT2D eigenvalue weighted by molar-refractivity contribution is -0.125. The van der Waals surface area contributed by atoms with Crippen LogP contribution >= 0.6 is 0 Å². The van der Waals surface area contributed by atoms with E-state index in [9.17, 15) is 9.59 Å². The summed E-state index contributed by atoms with van der Waals surface area (Å²) in [7, 11) is 1.88. The number of aromatic nitrogens is 2. The first-order valence-corrected chi connectivity index (χ1v) is 9.31. The largest absolute Gasteiger partial charge is 0.352 e. The highest BCUT2D eigenvalue weighted by Crippen LogP contribution is 2.28. The Hall–Kier alpha value is -2.67. The molecule has 2 amide bonds. The third-order valence-electron chi connectivity index (χ3n) is 4.92. The molecule has 0 saturated carbocycles. The van der Waals surface area contributed by atoms with Gasteiger partial charge in [0.15, 0.2) is 0 Å². The molecule has 1 saturated heterocycles. The Bertz CT molecular complexity index is 797. The van der Waals surface area contributed by atoms with Crippen molar-refractivity contribution < 1.29 is 9.59 Å². The van der Waals surface area contributed by atoms with E-state index in [0.29, 0.717) is 13.1 Å². The molecule has 0 bridgehead atoms. The lowest BCUT2D eigenvalue weighted by Gasteiger charge is -2.17. The molecular weight excluding hydrogens is 342 g/mol. The Kier molecular flexibility index (Phi) is 5.91. The SMILES string of the molecule is CC(C)C(=O)Nc1ccc(CNC(=O)[C@H]2CNC[C@@H]2c2cnn(C)c2)cc1. The standard InChI is InChI=1S/C20H27N5O2/c1-13(2)19(26)24-16-6-4-14(5-7-16)8-22-20(27)18-11-21-10-17(18)15-9-23-25(3)12-15/h4-7,9,12-13,17-18,21H,8,10-11H2,1-3H3,(H,22,27)(H,24,26)/t17-,18+/m1/s1. The van der Waals surface area contributed by atoms with Gasteiger partial charge in [-0.3, -0.25) is 14.3 Å². The quantitative estimate of drug-likeness (QED) is 0.722. The molecule has 0 unspecified atom stereocenters. The molecule has 1 aromatic carbocycles. The van der Waals surface area contributed by atoms with E-state index < -0.39 is 0 Å². The number of hydrogen-bond donors (Lipinski definition) is 3. The highest BCUT2D eigenvalue weighted by Gasteiger charge is 2.34. The van der Waals surface area contributed by atoms with Crippen LogP contribution in [-0.4, -0.2) is 34.7 Å². The summed E-state index contributed by atoms with van der Waals surface area (Å²) in [5.41, 5.74) is 2.85. The molecule has 2 aromatic rings. The fourth-order valence-electron chi connectivity index (χ4n) is 3.25. The van der Waals surface area contributed by atoms with E-state index in [4.69, 9.17) is 0 Å². The number of hydrogen-bond acceptors (Lipinski definition) is 4. The molecule has 0 aliphatic carbocycles. The smallest absolute Gasteiger partial charge is 0.226 e. The first-order valence-electron chi connectivity index (χ1n) is 9.31. The number of benzene rings is 1. The summed E-state index contributed by atoms with van der Waals surface area (Å²) in [4.78, 5) is 24.4. The number of rotatable bonds is 6. The predicted molar refractivity (Wildman–Crippen MR) is 104 cm³/mol. The van der Waals surface area contributed by atoms with Crippen LogP contribution in [0.25, 0.3) is 0 Å². The number of carbonyl (C=O) groups excluding carboxylic acids is 2. The Balaban J connectivity index is 1.55. The van der Waals surface area contributed by atoms with Gasteiger partial charge in [0.1, 0.15) is 0 Å². The zero-order chi connectivity index (χ0) is 19.4. The minimum atomic E-state index is -0.0983. The summed E-state index contributed by atoms with van der Waals surface area (Å²) >= 11 is 0. The highest BCUT2D eigenvalue weighted by atomic mass is 16.2. The monoisotopic (exact) mass is 369 g/mol. The van der Waals surface area contributed by atoms with E-state index in [1.54, 1.807) is 4.68 Å². The van der Waals surface area contributed by atoms with Crippen molar-refractivity contribution in [2.75, 3.05) is 18.4 Å². The Morgan fingerprint density at radius 3 is 2.63 bits per heavy atom. The number of anilines is 1. The molecule has 0 spiro atoms. The maximum absolute atomic E-state index is 12.7. The highest BCUT2D eigenvalue weighted by molar-refractivity contribution is 5.92. The summed E-state index contributed by atoms with van der Waals surface area (Å²) < 4.78 is 1.77. The van der Waals surface area contributed by atoms with Crippen molar-refractivity contribution in [2.45, 2.75) is 26.3 Å². The summed E-state index contributed by atoms with van der Waals surface area (Å²) in [6, 6.07) is 7.55. The molecule has 144 valence electrons. The van der Waals surface area contributed by atoms with E-state index in [0.717, 1.165) is 23.4 Å². The molecule has 2 heterocycles. The summed E-state index contributed by atoms with van der Waals surface area (Å²) in [5.74, 6) is 0.0279. The van der Waals surface area contributed by atoms with E-state index in [-0.39, 0.29) is 29.6 Å². The zero-order valence-corrected chi connectivity index (χ0v) is 16.0. The Morgan fingerprint density at radius 2 is 2.00 bits per heavy atom. The van der Waals surface area contributed by atoms with Crippen molar-refractivity contribution >= 4 is 17.5 Å². The van der Waals surface area contributed by atoms with Crippen molar-refractivity contribution in [3.8, 4) is 0 Å². The van der Waals surface area contributed by atoms with Gasteiger partial charge in [-0.05, 0) is 23.3 Å². The van der Waals surface area contributed by atoms with Gasteiger partial charge in [0, 0.05) is 50.4 Å². The number of nitrogens with one attached hydrogen (secondary N) is 3. The second-order valence-corrected chi connectivity index (χ2v) is 7.38. The molecule has 7 heteroatoms. The molecule has 0 radical (unpaired) electrons. The average Bonchev–Trinajstić information content (AvgIpc) is 3.29. The van der Waals surface area contributed by atoms with Crippen molar-refractivity contribution in [2.24, 2.45) is 18.9 Å². The van der Waals surface area contributed by atoms with Gasteiger partial charge in [-0.2, -0.15) is 5.10 Å². The van der Waals surface area contributed by atoms with Gasteiger partial charge in [0.25, 0.3) is 0 Å². The van der Waals surface area contributed by atoms with Crippen LogP contribution in [-0.2, 0) is 23.2 Å². The average molecular weight is 369 g/mol. The van der Waals surface area contributed by atoms with Crippen LogP contribution in [0.4, 0.5) is 5.69 Å². The third kappa shape index (κ3) is 4.74. The van der Waals surface area contributed by atoms with Crippen LogP contribution in [0, 0.1) is 11.8 Å². The minimum absolute atomic E-state index is 0.00812. The first kappa shape index (κ1) is 19.1. The molecule has 1 aliphatic heterocycles. The normalized spacial score (nSPS) is 19.3. The van der Waals surface area contributed by atoms with Gasteiger partial charge >= 0.3 is 0 Å². The Morgan fingerprint density at radius 1 is 1.26 bits per heavy atom. The molecule has 3 N–H and O–H groups in total. The third-order valence-corrected chi connectivity index (χ3v) is 4.92. The van der Waals surface area contributed by atoms with E-state index in [1.165, 1.54) is 0 Å². The topological polar surface area (TPSA) is 88.1 Å². The summed E-state index contributed by atoms with van der Waals surface area (Å²) in [6.07, 6.45) is 3.81. The molecule has 1 aliphatic rings. The fraction of sp³-hybridized carbons (Fsp3) is 0.450. The molecule has 1 aromatic heterocycles. The van der Waals surface area contributed by atoms with Gasteiger partial charge in [-0.1, -0.05) is 26.0 Å². The number of amides is 2. The maximum Gasteiger partial charge on any atom is 0.226 e. The molecule has 2 atom stereocenters. The van der Waals surface area contributed by atoms with Gasteiger partial charge in [-0.25, -0.2) is 0 Å². The molecule has 1 fully saturated rings. The molecule has 7 nitrogen and oxygen atoms in total. The molecular formula is C20H27N5O2. The van der Waals surface area contributed by atoms with Gasteiger partial charge in [0.2, 0.25) is 11.8 Å². The van der Waals surface area contributed by atoms with Crippen molar-refractivity contribution in [1.82, 2.24) is 20.4 Å². The molecule has 3 rings (SSSR count). The second kappa shape index (κ2) is 8.35. The molecule has 27 heavy (non-hydrogen) atoms. The summed E-state index contributed by atoms with van der Waals surface area (Å²) in [6.45, 7) is 5.64. The van der Waals surface area contributed by atoms with E-state index in [2.05, 4.69) is 21.0 Å². The maximum atomic E-state index is 12.7. The van der Waals surface area contributed by atoms with Crippen LogP contribution in [0.1, 0.15) is 30.9 Å². The number of carbonyl (C=O) groups is 2. The van der Waals surface area contributed by atoms with Gasteiger partial charge < -0.3 is 16.0 Å². The first-order chi connectivity index (χ1) is 12.9. The predicted octanol–water partition coefficient (Wildman–Crippen LogP) is 1.63. The second-order valence-electron chi connectivity index (χ2n) is 7.38. The number of nitrogens with zero attached hydrogens (tertiary/aromatic N) is 2. The van der Waals surface area contributed by atoms with Crippen LogP contribution in [0.15, 0.2) is 36.7 Å². The van der Waals surface area contributed by atoms with Crippen LogP contribution < -0.4 is 16.0 Å².